The summed E-state index contributed by atoms with van der Waals surface area (Å²) >= 11 is 6.55. The third-order valence-corrected chi connectivity index (χ3v) is 6.30. The van der Waals surface area contributed by atoms with Crippen LogP contribution in [-0.4, -0.2) is 48.8 Å². The van der Waals surface area contributed by atoms with Crippen LogP contribution in [0.25, 0.3) is 22.3 Å². The van der Waals surface area contributed by atoms with Crippen LogP contribution in [0, 0.1) is 6.92 Å². The molecule has 0 spiro atoms. The number of ether oxygens (including phenoxy) is 1. The van der Waals surface area contributed by atoms with Crippen molar-refractivity contribution in [3.8, 4) is 17.0 Å². The van der Waals surface area contributed by atoms with Crippen molar-refractivity contribution in [3.05, 3.63) is 59.7 Å². The molecule has 10 nitrogen and oxygen atoms in total. The lowest BCUT2D eigenvalue weighted by molar-refractivity contribution is -0.127. The smallest absolute Gasteiger partial charge is 0.246 e. The molecule has 3 aromatic heterocycles. The van der Waals surface area contributed by atoms with E-state index < -0.39 is 0 Å². The molecule has 180 valence electrons. The molecule has 35 heavy (non-hydrogen) atoms. The van der Waals surface area contributed by atoms with E-state index in [1.54, 1.807) is 23.1 Å². The number of carbonyl (C=O) groups is 1. The highest BCUT2D eigenvalue weighted by Gasteiger charge is 2.28. The molecule has 1 fully saturated rings. The van der Waals surface area contributed by atoms with Gasteiger partial charge in [-0.15, -0.1) is 0 Å². The van der Waals surface area contributed by atoms with Gasteiger partial charge in [0.2, 0.25) is 5.91 Å². The third kappa shape index (κ3) is 4.44. The summed E-state index contributed by atoms with van der Waals surface area (Å²) in [5, 5.41) is 9.86. The summed E-state index contributed by atoms with van der Waals surface area (Å²) in [6, 6.07) is 7.17. The lowest BCUT2D eigenvalue weighted by Gasteiger charge is -2.32. The minimum Gasteiger partial charge on any atom is -0.486 e. The van der Waals surface area contributed by atoms with E-state index in [4.69, 9.17) is 31.7 Å². The van der Waals surface area contributed by atoms with Gasteiger partial charge in [-0.3, -0.25) is 4.79 Å². The van der Waals surface area contributed by atoms with Crippen LogP contribution in [0.3, 0.4) is 0 Å². The van der Waals surface area contributed by atoms with E-state index >= 15 is 0 Å². The molecule has 1 aliphatic heterocycles. The van der Waals surface area contributed by atoms with E-state index in [1.165, 1.54) is 12.4 Å². The molecule has 0 aliphatic carbocycles. The molecule has 0 bridgehead atoms. The van der Waals surface area contributed by atoms with E-state index in [0.717, 1.165) is 18.4 Å². The Morgan fingerprint density at radius 1 is 1.37 bits per heavy atom. The standard InChI is InChI=1S/C24H24ClN7O3/c1-3-20(33)31-8-4-5-17(11-31)32-24-21(23(26)27-13-28-24)22(29-32)15-6-7-19(18(25)10-15)34-12-16-9-14(2)35-30-16/h3,6-7,9-10,13,17H,1,4-5,8,11-12H2,2H3,(H2,26,27,28). The number of fused-ring (bicyclic) bond motifs is 1. The lowest BCUT2D eigenvalue weighted by Crippen LogP contribution is -2.40. The molecule has 2 N–H and O–H groups in total. The van der Waals surface area contributed by atoms with E-state index in [0.29, 0.717) is 57.9 Å². The number of nitrogen functional groups attached to an aromatic ring is 1. The summed E-state index contributed by atoms with van der Waals surface area (Å²) in [4.78, 5) is 22.6. The maximum Gasteiger partial charge on any atom is 0.246 e. The number of amides is 1. The summed E-state index contributed by atoms with van der Waals surface area (Å²) in [5.74, 6) is 1.45. The molecular formula is C24H24ClN7O3. The van der Waals surface area contributed by atoms with Crippen molar-refractivity contribution in [1.82, 2.24) is 29.8 Å². The van der Waals surface area contributed by atoms with Crippen molar-refractivity contribution in [2.45, 2.75) is 32.4 Å². The van der Waals surface area contributed by atoms with E-state index in [1.807, 2.05) is 17.7 Å². The first-order valence-corrected chi connectivity index (χ1v) is 11.6. The van der Waals surface area contributed by atoms with Crippen molar-refractivity contribution in [1.29, 1.82) is 0 Å². The van der Waals surface area contributed by atoms with Crippen molar-refractivity contribution < 1.29 is 14.1 Å². The molecule has 1 unspecified atom stereocenters. The molecule has 1 aromatic carbocycles. The fourth-order valence-electron chi connectivity index (χ4n) is 4.34. The van der Waals surface area contributed by atoms with E-state index in [9.17, 15) is 4.79 Å². The van der Waals surface area contributed by atoms with Gasteiger partial charge in [0.05, 0.1) is 16.5 Å². The second kappa shape index (κ2) is 9.38. The fourth-order valence-corrected chi connectivity index (χ4v) is 4.57. The number of aromatic nitrogens is 5. The predicted octanol–water partition coefficient (Wildman–Crippen LogP) is 3.95. The zero-order chi connectivity index (χ0) is 24.5. The van der Waals surface area contributed by atoms with Gasteiger partial charge in [0.15, 0.2) is 5.65 Å². The second-order valence-corrected chi connectivity index (χ2v) is 8.81. The van der Waals surface area contributed by atoms with Gasteiger partial charge in [-0.05, 0) is 44.0 Å². The maximum atomic E-state index is 12.2. The van der Waals surface area contributed by atoms with Crippen LogP contribution in [-0.2, 0) is 11.4 Å². The predicted molar refractivity (Wildman–Crippen MR) is 131 cm³/mol. The SMILES string of the molecule is C=CC(=O)N1CCCC(n2nc(-c3ccc(OCc4cc(C)on4)c(Cl)c3)c3c(N)ncnc32)C1. The minimum atomic E-state index is -0.0938. The topological polar surface area (TPSA) is 125 Å². The first kappa shape index (κ1) is 22.9. The highest BCUT2D eigenvalue weighted by Crippen LogP contribution is 2.37. The molecule has 1 amide bonds. The quantitative estimate of drug-likeness (QED) is 0.400. The monoisotopic (exact) mass is 493 g/mol. The van der Waals surface area contributed by atoms with Gasteiger partial charge in [-0.2, -0.15) is 5.10 Å². The molecule has 0 saturated carbocycles. The van der Waals surface area contributed by atoms with Crippen LogP contribution in [0.1, 0.15) is 30.3 Å². The first-order chi connectivity index (χ1) is 16.9. The Morgan fingerprint density at radius 3 is 2.97 bits per heavy atom. The number of piperidine rings is 1. The molecule has 1 saturated heterocycles. The zero-order valence-electron chi connectivity index (χ0n) is 19.1. The number of hydrogen-bond donors (Lipinski definition) is 1. The number of aryl methyl sites for hydroxylation is 1. The van der Waals surface area contributed by atoms with Gasteiger partial charge >= 0.3 is 0 Å². The summed E-state index contributed by atoms with van der Waals surface area (Å²) in [6.07, 6.45) is 4.47. The average molecular weight is 494 g/mol. The normalized spacial score (nSPS) is 15.9. The van der Waals surface area contributed by atoms with Crippen LogP contribution < -0.4 is 10.5 Å². The Labute approximate surface area is 206 Å². The number of rotatable bonds is 6. The number of anilines is 1. The van der Waals surface area contributed by atoms with E-state index in [2.05, 4.69) is 21.7 Å². The molecule has 1 aliphatic rings. The van der Waals surface area contributed by atoms with Crippen LogP contribution >= 0.6 is 11.6 Å². The van der Waals surface area contributed by atoms with Crippen LogP contribution in [0.15, 0.2) is 47.8 Å². The second-order valence-electron chi connectivity index (χ2n) is 8.40. The molecule has 4 heterocycles. The first-order valence-electron chi connectivity index (χ1n) is 11.2. The fraction of sp³-hybridized carbons (Fsp3) is 0.292. The molecular weight excluding hydrogens is 470 g/mol. The van der Waals surface area contributed by atoms with Crippen LogP contribution in [0.5, 0.6) is 5.75 Å². The maximum absolute atomic E-state index is 12.2. The highest BCUT2D eigenvalue weighted by atomic mass is 35.5. The van der Waals surface area contributed by atoms with Crippen molar-refractivity contribution in [2.24, 2.45) is 0 Å². The summed E-state index contributed by atoms with van der Waals surface area (Å²) in [7, 11) is 0. The highest BCUT2D eigenvalue weighted by molar-refractivity contribution is 6.32. The van der Waals surface area contributed by atoms with Crippen LogP contribution in [0.2, 0.25) is 5.02 Å². The van der Waals surface area contributed by atoms with Gasteiger partial charge < -0.3 is 19.9 Å². The van der Waals surface area contributed by atoms with Gasteiger partial charge in [0.1, 0.15) is 41.6 Å². The minimum absolute atomic E-state index is 0.0535. The summed E-state index contributed by atoms with van der Waals surface area (Å²) in [5.41, 5.74) is 8.92. The number of hydrogen-bond acceptors (Lipinski definition) is 8. The van der Waals surface area contributed by atoms with Crippen molar-refractivity contribution in [3.63, 3.8) is 0 Å². The molecule has 4 aromatic rings. The molecule has 11 heteroatoms. The van der Waals surface area contributed by atoms with Gasteiger partial charge in [0.25, 0.3) is 0 Å². The number of nitrogens with zero attached hydrogens (tertiary/aromatic N) is 6. The summed E-state index contributed by atoms with van der Waals surface area (Å²) < 4.78 is 12.7. The Hall–Kier alpha value is -3.92. The third-order valence-electron chi connectivity index (χ3n) is 6.00. The molecule has 0 radical (unpaired) electrons. The van der Waals surface area contributed by atoms with Crippen LogP contribution in [0.4, 0.5) is 5.82 Å². The largest absolute Gasteiger partial charge is 0.486 e. The number of halogens is 1. The summed E-state index contributed by atoms with van der Waals surface area (Å²) in [6.45, 7) is 6.86. The number of carbonyl (C=O) groups excluding carboxylic acids is 1. The van der Waals surface area contributed by atoms with Gasteiger partial charge in [-0.25, -0.2) is 14.6 Å². The Kier molecular flexibility index (Phi) is 6.12. The van der Waals surface area contributed by atoms with Gasteiger partial charge in [0, 0.05) is 24.7 Å². The van der Waals surface area contributed by atoms with E-state index in [-0.39, 0.29) is 18.6 Å². The Balaban J connectivity index is 1.48. The van der Waals surface area contributed by atoms with Crippen molar-refractivity contribution >= 4 is 34.4 Å². The lowest BCUT2D eigenvalue weighted by atomic mass is 10.1. The number of likely N-dealkylation sites (tertiary alicyclic amines) is 1. The average Bonchev–Trinajstić information content (AvgIpc) is 3.47. The molecule has 5 rings (SSSR count). The van der Waals surface area contributed by atoms with Gasteiger partial charge in [-0.1, -0.05) is 23.3 Å². The zero-order valence-corrected chi connectivity index (χ0v) is 19.9. The number of nitrogens with two attached hydrogens (primary N) is 1. The Morgan fingerprint density at radius 2 is 2.23 bits per heavy atom. The van der Waals surface area contributed by atoms with Crippen molar-refractivity contribution in [2.75, 3.05) is 18.8 Å². The molecule has 1 atom stereocenters. The number of benzene rings is 1. The Bertz CT molecular complexity index is 1410.